The molecule has 0 saturated carbocycles. The van der Waals surface area contributed by atoms with Crippen molar-refractivity contribution in [2.45, 2.75) is 23.6 Å². The van der Waals surface area contributed by atoms with Gasteiger partial charge in [-0.2, -0.15) is 12.6 Å². The minimum Gasteiger partial charge on any atom is -0.394 e. The Labute approximate surface area is 70.2 Å². The van der Waals surface area contributed by atoms with E-state index in [0.717, 1.165) is 0 Å². The normalized spacial score (nSPS) is 44.7. The molecule has 0 amide bonds. The van der Waals surface area contributed by atoms with E-state index >= 15 is 0 Å². The third-order valence-corrected chi connectivity index (χ3v) is 2.46. The molecule has 66 valence electrons. The van der Waals surface area contributed by atoms with Crippen molar-refractivity contribution in [1.29, 1.82) is 0 Å². The molecule has 4 atom stereocenters. The summed E-state index contributed by atoms with van der Waals surface area (Å²) in [5.41, 5.74) is 0. The van der Waals surface area contributed by atoms with Crippen molar-refractivity contribution >= 4 is 12.6 Å². The van der Waals surface area contributed by atoms with Crippen LogP contribution in [0.2, 0.25) is 0 Å². The lowest BCUT2D eigenvalue weighted by atomic mass is 10.1. The van der Waals surface area contributed by atoms with Gasteiger partial charge in [0.25, 0.3) is 0 Å². The van der Waals surface area contributed by atoms with Gasteiger partial charge >= 0.3 is 0 Å². The Bertz CT molecular complexity index is 114. The van der Waals surface area contributed by atoms with E-state index < -0.39 is 23.6 Å². The van der Waals surface area contributed by atoms with Crippen molar-refractivity contribution in [3.63, 3.8) is 0 Å². The predicted octanol–water partition coefficient (Wildman–Crippen LogP) is -1.60. The van der Waals surface area contributed by atoms with Gasteiger partial charge in [-0.15, -0.1) is 0 Å². The molecule has 1 heterocycles. The van der Waals surface area contributed by atoms with E-state index in [1.54, 1.807) is 0 Å². The summed E-state index contributed by atoms with van der Waals surface area (Å²) in [5.74, 6) is 0. The smallest absolute Gasteiger partial charge is 0.108 e. The van der Waals surface area contributed by atoms with Gasteiger partial charge in [0.05, 0.1) is 30.7 Å². The quantitative estimate of drug-likeness (QED) is 0.386. The van der Waals surface area contributed by atoms with E-state index in [2.05, 4.69) is 12.6 Å². The molecule has 0 radical (unpaired) electrons. The lowest BCUT2D eigenvalue weighted by Gasteiger charge is -2.10. The minimum absolute atomic E-state index is 0.179. The van der Waals surface area contributed by atoms with Gasteiger partial charge in [-0.05, 0) is 0 Å². The van der Waals surface area contributed by atoms with Gasteiger partial charge in [0, 0.05) is 0 Å². The maximum absolute atomic E-state index is 9.29. The van der Waals surface area contributed by atoms with Crippen molar-refractivity contribution in [2.75, 3.05) is 13.2 Å². The van der Waals surface area contributed by atoms with Crippen molar-refractivity contribution in [2.24, 2.45) is 0 Å². The SMILES string of the molecule is OCC1OC(CO)C(S)C1O. The Hall–Kier alpha value is 0.190. The number of hydrogen-bond acceptors (Lipinski definition) is 5. The Morgan fingerprint density at radius 2 is 1.73 bits per heavy atom. The number of ether oxygens (including phenoxy) is 1. The molecule has 1 saturated heterocycles. The van der Waals surface area contributed by atoms with Crippen LogP contribution < -0.4 is 0 Å². The van der Waals surface area contributed by atoms with E-state index in [1.165, 1.54) is 0 Å². The van der Waals surface area contributed by atoms with Crippen molar-refractivity contribution < 1.29 is 20.1 Å². The highest BCUT2D eigenvalue weighted by molar-refractivity contribution is 7.81. The van der Waals surface area contributed by atoms with Crippen LogP contribution in [-0.2, 0) is 4.74 Å². The maximum atomic E-state index is 9.29. The summed E-state index contributed by atoms with van der Waals surface area (Å²) in [6, 6.07) is 0. The zero-order valence-electron chi connectivity index (χ0n) is 5.92. The number of aliphatic hydroxyl groups is 3. The maximum Gasteiger partial charge on any atom is 0.108 e. The molecule has 0 spiro atoms. The molecule has 0 aliphatic carbocycles. The van der Waals surface area contributed by atoms with Crippen LogP contribution in [0.4, 0.5) is 0 Å². The Balaban J connectivity index is 2.53. The lowest BCUT2D eigenvalue weighted by molar-refractivity contribution is -0.0354. The number of rotatable bonds is 2. The van der Waals surface area contributed by atoms with Crippen LogP contribution in [0.3, 0.4) is 0 Å². The van der Waals surface area contributed by atoms with E-state index in [-0.39, 0.29) is 13.2 Å². The first-order valence-electron chi connectivity index (χ1n) is 3.44. The van der Waals surface area contributed by atoms with Crippen LogP contribution in [0.25, 0.3) is 0 Å². The van der Waals surface area contributed by atoms with Gasteiger partial charge in [-0.1, -0.05) is 0 Å². The Kier molecular flexibility index (Phi) is 3.15. The summed E-state index contributed by atoms with van der Waals surface area (Å²) in [6.45, 7) is -0.420. The fourth-order valence-corrected chi connectivity index (χ4v) is 1.48. The monoisotopic (exact) mass is 180 g/mol. The highest BCUT2D eigenvalue weighted by atomic mass is 32.1. The topological polar surface area (TPSA) is 69.9 Å². The number of thiol groups is 1. The van der Waals surface area contributed by atoms with E-state index in [4.69, 9.17) is 14.9 Å². The van der Waals surface area contributed by atoms with Gasteiger partial charge in [0.15, 0.2) is 0 Å². The van der Waals surface area contributed by atoms with E-state index in [9.17, 15) is 5.11 Å². The first-order valence-corrected chi connectivity index (χ1v) is 3.95. The highest BCUT2D eigenvalue weighted by Crippen LogP contribution is 2.24. The van der Waals surface area contributed by atoms with Crippen LogP contribution in [0.15, 0.2) is 0 Å². The molecule has 1 aliphatic rings. The molecule has 0 aromatic carbocycles. The molecule has 4 nitrogen and oxygen atoms in total. The fraction of sp³-hybridized carbons (Fsp3) is 1.00. The molecule has 3 N–H and O–H groups in total. The van der Waals surface area contributed by atoms with Gasteiger partial charge in [0.2, 0.25) is 0 Å². The second-order valence-corrected chi connectivity index (χ2v) is 3.16. The third kappa shape index (κ3) is 1.68. The second kappa shape index (κ2) is 3.73. The van der Waals surface area contributed by atoms with Crippen molar-refractivity contribution in [3.8, 4) is 0 Å². The molecule has 4 unspecified atom stereocenters. The molecular formula is C6H12O4S. The van der Waals surface area contributed by atoms with Crippen LogP contribution in [0.5, 0.6) is 0 Å². The zero-order valence-corrected chi connectivity index (χ0v) is 6.82. The Morgan fingerprint density at radius 1 is 1.18 bits per heavy atom. The van der Waals surface area contributed by atoms with Crippen LogP contribution in [-0.4, -0.2) is 52.1 Å². The minimum atomic E-state index is -0.791. The average Bonchev–Trinajstić information content (AvgIpc) is 2.30. The molecule has 1 rings (SSSR count). The van der Waals surface area contributed by atoms with Crippen molar-refractivity contribution in [3.05, 3.63) is 0 Å². The van der Waals surface area contributed by atoms with Crippen LogP contribution in [0.1, 0.15) is 0 Å². The van der Waals surface area contributed by atoms with Crippen LogP contribution >= 0.6 is 12.6 Å². The van der Waals surface area contributed by atoms with Gasteiger partial charge < -0.3 is 20.1 Å². The summed E-state index contributed by atoms with van der Waals surface area (Å²) in [5, 5.41) is 26.2. The fourth-order valence-electron chi connectivity index (χ4n) is 1.13. The van der Waals surface area contributed by atoms with Gasteiger partial charge in [-0.25, -0.2) is 0 Å². The van der Waals surface area contributed by atoms with E-state index in [0.29, 0.717) is 0 Å². The van der Waals surface area contributed by atoms with Crippen molar-refractivity contribution in [1.82, 2.24) is 0 Å². The number of hydrogen-bond donors (Lipinski definition) is 4. The predicted molar refractivity (Wildman–Crippen MR) is 41.6 cm³/mol. The molecule has 0 aromatic heterocycles. The first-order chi connectivity index (χ1) is 5.20. The van der Waals surface area contributed by atoms with Crippen LogP contribution in [0, 0.1) is 0 Å². The molecule has 5 heteroatoms. The zero-order chi connectivity index (χ0) is 8.43. The third-order valence-electron chi connectivity index (χ3n) is 1.82. The summed E-state index contributed by atoms with van der Waals surface area (Å²) >= 11 is 4.03. The summed E-state index contributed by atoms with van der Waals surface area (Å²) in [6.07, 6.45) is -1.86. The molecule has 11 heavy (non-hydrogen) atoms. The molecule has 1 fully saturated rings. The number of aliphatic hydroxyl groups excluding tert-OH is 3. The lowest BCUT2D eigenvalue weighted by Crippen LogP contribution is -2.30. The molecule has 0 bridgehead atoms. The second-order valence-electron chi connectivity index (χ2n) is 2.56. The largest absolute Gasteiger partial charge is 0.394 e. The summed E-state index contributed by atoms with van der Waals surface area (Å²) in [4.78, 5) is 0. The molecule has 0 aromatic rings. The average molecular weight is 180 g/mol. The summed E-state index contributed by atoms with van der Waals surface area (Å²) < 4.78 is 5.06. The van der Waals surface area contributed by atoms with E-state index in [1.807, 2.05) is 0 Å². The highest BCUT2D eigenvalue weighted by Gasteiger charge is 2.40. The molecular weight excluding hydrogens is 168 g/mol. The standard InChI is InChI=1S/C6H12O4S/c7-1-3-5(9)6(11)4(2-8)10-3/h3-9,11H,1-2H2. The Morgan fingerprint density at radius 3 is 2.00 bits per heavy atom. The molecule has 1 aliphatic heterocycles. The van der Waals surface area contributed by atoms with Gasteiger partial charge in [0.1, 0.15) is 6.10 Å². The first kappa shape index (κ1) is 9.28. The van der Waals surface area contributed by atoms with Gasteiger partial charge in [-0.3, -0.25) is 0 Å². The summed E-state index contributed by atoms with van der Waals surface area (Å²) in [7, 11) is 0.